The number of aliphatic hydroxyl groups excluding tert-OH is 2. The Bertz CT molecular complexity index is 1200. The number of unbranched alkanes of at least 4 members (excludes halogenated alkanes) is 10. The van der Waals surface area contributed by atoms with Crippen molar-refractivity contribution in [3.63, 3.8) is 0 Å². The van der Waals surface area contributed by atoms with E-state index in [1.807, 2.05) is 6.08 Å². The number of carbonyl (C=O) groups excluding carboxylic acids is 1. The zero-order valence-electron chi connectivity index (χ0n) is 31.5. The molecule has 0 aliphatic heterocycles. The summed E-state index contributed by atoms with van der Waals surface area (Å²) in [5.41, 5.74) is 0.813. The van der Waals surface area contributed by atoms with Gasteiger partial charge in [0.25, 0.3) is 0 Å². The van der Waals surface area contributed by atoms with Crippen molar-refractivity contribution in [2.45, 2.75) is 166 Å². The number of carbonyl (C=O) groups is 2. The molecular formula is C43H67ClO7. The molecule has 51 heavy (non-hydrogen) atoms. The summed E-state index contributed by atoms with van der Waals surface area (Å²) < 4.78 is 11.5. The van der Waals surface area contributed by atoms with Crippen molar-refractivity contribution >= 4 is 23.5 Å². The average Bonchev–Trinajstić information content (AvgIpc) is 3.36. The Morgan fingerprint density at radius 2 is 1.67 bits per heavy atom. The number of halogens is 1. The third kappa shape index (κ3) is 14.5. The number of benzene rings is 1. The molecule has 1 aromatic rings. The van der Waals surface area contributed by atoms with Gasteiger partial charge in [-0.3, -0.25) is 4.79 Å². The van der Waals surface area contributed by atoms with Gasteiger partial charge in [-0.05, 0) is 81.3 Å². The molecule has 0 bridgehead atoms. The molecule has 0 aromatic heterocycles. The van der Waals surface area contributed by atoms with Gasteiger partial charge in [-0.15, -0.1) is 11.6 Å². The molecule has 5 atom stereocenters. The summed E-state index contributed by atoms with van der Waals surface area (Å²) in [7, 11) is 0. The Balaban J connectivity index is 1.33. The number of rotatable bonds is 27. The number of aromatic carboxylic acids is 1. The standard InChI is InChI=1S/C43H67ClO7/c1-3-5-6-7-8-9-10-11-14-17-30-50-39-24-18-23-36(42(48)49)35(39)27-31-51-41(47)26-16-13-12-15-21-33-34(38(45)32-37(33)44)22-19-25-40(46)43(4-2)28-20-29-43/h12,15,18-19,22-24,33-34,37-38,40,45-46H,3-11,13-14,16-17,20-21,25-32H2,1-2H3,(H,48,49)/t33-,34-,37-,38-,40+/m1/s1. The second kappa shape index (κ2) is 24.1. The lowest BCUT2D eigenvalue weighted by molar-refractivity contribution is -0.143. The molecule has 2 aliphatic carbocycles. The van der Waals surface area contributed by atoms with Gasteiger partial charge in [-0.1, -0.05) is 108 Å². The predicted molar refractivity (Wildman–Crippen MR) is 207 cm³/mol. The van der Waals surface area contributed by atoms with Crippen LogP contribution in [0.3, 0.4) is 0 Å². The number of aliphatic hydroxyl groups is 2. The fraction of sp³-hybridized carbons (Fsp3) is 0.721. The second-order valence-electron chi connectivity index (χ2n) is 15.0. The summed E-state index contributed by atoms with van der Waals surface area (Å²) in [6.07, 6.45) is 28.0. The van der Waals surface area contributed by atoms with Gasteiger partial charge in [-0.25, -0.2) is 4.79 Å². The zero-order chi connectivity index (χ0) is 36.9. The summed E-state index contributed by atoms with van der Waals surface area (Å²) in [6, 6.07) is 5.06. The van der Waals surface area contributed by atoms with Crippen LogP contribution in [-0.2, 0) is 16.0 Å². The van der Waals surface area contributed by atoms with Crippen LogP contribution in [0.15, 0.2) is 42.5 Å². The van der Waals surface area contributed by atoms with Crippen molar-refractivity contribution in [3.8, 4) is 5.75 Å². The van der Waals surface area contributed by atoms with Crippen LogP contribution in [0, 0.1) is 17.3 Å². The van der Waals surface area contributed by atoms with Crippen LogP contribution >= 0.6 is 11.6 Å². The van der Waals surface area contributed by atoms with Crippen molar-refractivity contribution in [1.29, 1.82) is 0 Å². The van der Waals surface area contributed by atoms with Gasteiger partial charge in [0.2, 0.25) is 0 Å². The van der Waals surface area contributed by atoms with Crippen LogP contribution in [0.2, 0.25) is 0 Å². The quantitative estimate of drug-likeness (QED) is 0.0357. The van der Waals surface area contributed by atoms with Crippen LogP contribution in [0.5, 0.6) is 5.75 Å². The van der Waals surface area contributed by atoms with E-state index in [9.17, 15) is 24.9 Å². The van der Waals surface area contributed by atoms with Crippen molar-refractivity contribution in [2.75, 3.05) is 13.2 Å². The van der Waals surface area contributed by atoms with Gasteiger partial charge < -0.3 is 24.8 Å². The van der Waals surface area contributed by atoms with Gasteiger partial charge in [0.15, 0.2) is 0 Å². The van der Waals surface area contributed by atoms with Crippen LogP contribution < -0.4 is 4.74 Å². The first-order valence-corrected chi connectivity index (χ1v) is 20.6. The first-order valence-electron chi connectivity index (χ1n) is 20.2. The summed E-state index contributed by atoms with van der Waals surface area (Å²) in [6.45, 7) is 5.03. The summed E-state index contributed by atoms with van der Waals surface area (Å²) in [5, 5.41) is 31.1. The normalized spacial score (nSPS) is 22.0. The molecule has 1 aromatic carbocycles. The number of allylic oxidation sites excluding steroid dienone is 2. The number of alkyl halides is 1. The maximum Gasteiger partial charge on any atom is 0.336 e. The predicted octanol–water partition coefficient (Wildman–Crippen LogP) is 10.4. The molecule has 3 N–H and O–H groups in total. The Labute approximate surface area is 313 Å². The van der Waals surface area contributed by atoms with E-state index in [0.717, 1.165) is 44.9 Å². The SMILES string of the molecule is CCCCCCCCCCCCOc1cccc(C(=O)O)c1CCOC(=O)CCCC=CC[C@@H]1[C@@H](C=CC[C@H](O)C2(CC)CCC2)[C@H](O)C[C@H]1Cl. The first kappa shape index (κ1) is 43.1. The maximum atomic E-state index is 12.5. The minimum Gasteiger partial charge on any atom is -0.493 e. The molecule has 0 saturated heterocycles. The molecule has 0 spiro atoms. The second-order valence-corrected chi connectivity index (χ2v) is 15.6. The number of esters is 1. The number of ether oxygens (including phenoxy) is 2. The molecule has 3 rings (SSSR count). The lowest BCUT2D eigenvalue weighted by Crippen LogP contribution is -2.40. The van der Waals surface area contributed by atoms with Gasteiger partial charge in [0, 0.05) is 29.7 Å². The zero-order valence-corrected chi connectivity index (χ0v) is 32.3. The molecule has 7 nitrogen and oxygen atoms in total. The minimum absolute atomic E-state index is 0.0322. The van der Waals surface area contributed by atoms with Gasteiger partial charge in [0.05, 0.1) is 31.0 Å². The fourth-order valence-electron chi connectivity index (χ4n) is 7.84. The van der Waals surface area contributed by atoms with Crippen molar-refractivity contribution in [2.24, 2.45) is 17.3 Å². The summed E-state index contributed by atoms with van der Waals surface area (Å²) >= 11 is 6.64. The van der Waals surface area contributed by atoms with Crippen LogP contribution in [-0.4, -0.2) is 58.1 Å². The lowest BCUT2D eigenvalue weighted by atomic mass is 9.63. The van der Waals surface area contributed by atoms with E-state index in [2.05, 4.69) is 32.1 Å². The Morgan fingerprint density at radius 3 is 2.31 bits per heavy atom. The minimum atomic E-state index is -1.02. The highest BCUT2D eigenvalue weighted by Crippen LogP contribution is 2.48. The molecule has 0 heterocycles. The van der Waals surface area contributed by atoms with E-state index in [0.29, 0.717) is 37.2 Å². The van der Waals surface area contributed by atoms with E-state index in [1.54, 1.807) is 18.2 Å². The highest BCUT2D eigenvalue weighted by Gasteiger charge is 2.42. The highest BCUT2D eigenvalue weighted by atomic mass is 35.5. The Morgan fingerprint density at radius 1 is 0.961 bits per heavy atom. The number of hydrogen-bond acceptors (Lipinski definition) is 6. The van der Waals surface area contributed by atoms with Crippen molar-refractivity contribution < 1.29 is 34.4 Å². The summed E-state index contributed by atoms with van der Waals surface area (Å²) in [5.74, 6) is -0.680. The smallest absolute Gasteiger partial charge is 0.336 e. The van der Waals surface area contributed by atoms with E-state index in [4.69, 9.17) is 21.1 Å². The van der Waals surface area contributed by atoms with E-state index in [1.165, 1.54) is 57.8 Å². The lowest BCUT2D eigenvalue weighted by Gasteiger charge is -2.45. The average molecular weight is 731 g/mol. The van der Waals surface area contributed by atoms with Gasteiger partial charge in [-0.2, -0.15) is 0 Å². The van der Waals surface area contributed by atoms with E-state index in [-0.39, 0.29) is 59.7 Å². The van der Waals surface area contributed by atoms with Crippen molar-refractivity contribution in [3.05, 3.63) is 53.6 Å². The summed E-state index contributed by atoms with van der Waals surface area (Å²) in [4.78, 5) is 24.4. The largest absolute Gasteiger partial charge is 0.493 e. The number of carboxylic acids is 1. The molecule has 0 amide bonds. The van der Waals surface area contributed by atoms with Crippen LogP contribution in [0.25, 0.3) is 0 Å². The van der Waals surface area contributed by atoms with E-state index >= 15 is 0 Å². The number of carboxylic acid groups (broad SMARTS) is 1. The Kier molecular flexibility index (Phi) is 20.3. The number of hydrogen-bond donors (Lipinski definition) is 3. The van der Waals surface area contributed by atoms with E-state index < -0.39 is 12.1 Å². The van der Waals surface area contributed by atoms with Crippen LogP contribution in [0.4, 0.5) is 0 Å². The van der Waals surface area contributed by atoms with Gasteiger partial charge >= 0.3 is 11.9 Å². The monoisotopic (exact) mass is 730 g/mol. The molecule has 0 unspecified atom stereocenters. The molecule has 2 fully saturated rings. The first-order chi connectivity index (χ1) is 24.7. The van der Waals surface area contributed by atoms with Crippen molar-refractivity contribution in [1.82, 2.24) is 0 Å². The van der Waals surface area contributed by atoms with Crippen LogP contribution in [0.1, 0.15) is 158 Å². The third-order valence-corrected chi connectivity index (χ3v) is 11.9. The Hall–Kier alpha value is -2.35. The maximum absolute atomic E-state index is 12.5. The molecule has 288 valence electrons. The third-order valence-electron chi connectivity index (χ3n) is 11.4. The van der Waals surface area contributed by atoms with Gasteiger partial charge in [0.1, 0.15) is 5.75 Å². The molecule has 0 radical (unpaired) electrons. The molecule has 8 heteroatoms. The molecule has 2 aliphatic rings. The highest BCUT2D eigenvalue weighted by molar-refractivity contribution is 6.21. The topological polar surface area (TPSA) is 113 Å². The fourth-order valence-corrected chi connectivity index (χ4v) is 8.29. The molecule has 2 saturated carbocycles. The molecular weight excluding hydrogens is 664 g/mol.